The minimum atomic E-state index is 0.281. The molecule has 0 bridgehead atoms. The van der Waals surface area contributed by atoms with Crippen LogP contribution in [0.1, 0.15) is 20.3 Å². The molecule has 2 N–H and O–H groups in total. The van der Waals surface area contributed by atoms with Gasteiger partial charge >= 0.3 is 0 Å². The third kappa shape index (κ3) is 5.56. The summed E-state index contributed by atoms with van der Waals surface area (Å²) in [7, 11) is 1.70. The van der Waals surface area contributed by atoms with Crippen molar-refractivity contribution in [3.05, 3.63) is 0 Å². The molecule has 0 saturated heterocycles. The topological polar surface area (TPSA) is 47.6 Å². The number of hydrogen-bond acceptors (Lipinski definition) is 2. The number of hydrogen-bond donors (Lipinski definition) is 1. The van der Waals surface area contributed by atoms with Crippen molar-refractivity contribution in [2.24, 2.45) is 10.7 Å². The lowest BCUT2D eigenvalue weighted by Crippen LogP contribution is -2.10. The maximum atomic E-state index is 5.33. The van der Waals surface area contributed by atoms with Gasteiger partial charge in [-0.2, -0.15) is 0 Å². The zero-order valence-corrected chi connectivity index (χ0v) is 6.92. The highest BCUT2D eigenvalue weighted by Gasteiger charge is 1.95. The highest BCUT2D eigenvalue weighted by molar-refractivity contribution is 5.77. The number of ether oxygens (including phenoxy) is 1. The van der Waals surface area contributed by atoms with E-state index in [4.69, 9.17) is 10.5 Å². The number of rotatable bonds is 4. The van der Waals surface area contributed by atoms with Gasteiger partial charge in [-0.05, 0) is 20.3 Å². The van der Waals surface area contributed by atoms with Gasteiger partial charge in [0.2, 0.25) is 0 Å². The summed E-state index contributed by atoms with van der Waals surface area (Å²) in [5, 5.41) is 0. The van der Waals surface area contributed by atoms with Crippen molar-refractivity contribution in [2.45, 2.75) is 26.4 Å². The van der Waals surface area contributed by atoms with E-state index in [9.17, 15) is 0 Å². The molecule has 0 amide bonds. The summed E-state index contributed by atoms with van der Waals surface area (Å²) in [4.78, 5) is 4.03. The molecule has 0 radical (unpaired) electrons. The molecule has 60 valence electrons. The lowest BCUT2D eigenvalue weighted by molar-refractivity contribution is 0.113. The molecule has 0 aromatic rings. The average molecular weight is 144 g/mol. The Morgan fingerprint density at radius 2 is 2.30 bits per heavy atom. The number of methoxy groups -OCH3 is 1. The lowest BCUT2D eigenvalue weighted by atomic mass is 10.3. The molecule has 0 aliphatic carbocycles. The van der Waals surface area contributed by atoms with E-state index in [0.717, 1.165) is 13.0 Å². The highest BCUT2D eigenvalue weighted by atomic mass is 16.5. The molecule has 0 aromatic carbocycles. The number of nitrogens with zero attached hydrogens (tertiary/aromatic N) is 1. The van der Waals surface area contributed by atoms with Gasteiger partial charge in [0.25, 0.3) is 0 Å². The van der Waals surface area contributed by atoms with E-state index in [2.05, 4.69) is 4.99 Å². The quantitative estimate of drug-likeness (QED) is 0.468. The Hall–Kier alpha value is -0.570. The van der Waals surface area contributed by atoms with Crippen LogP contribution in [-0.2, 0) is 4.74 Å². The minimum absolute atomic E-state index is 0.281. The van der Waals surface area contributed by atoms with Gasteiger partial charge in [-0.15, -0.1) is 0 Å². The molecular weight excluding hydrogens is 128 g/mol. The Bertz CT molecular complexity index is 108. The summed E-state index contributed by atoms with van der Waals surface area (Å²) < 4.78 is 5.02. The molecule has 0 rings (SSSR count). The first kappa shape index (κ1) is 9.43. The van der Waals surface area contributed by atoms with E-state index >= 15 is 0 Å². The van der Waals surface area contributed by atoms with Crippen molar-refractivity contribution in [3.63, 3.8) is 0 Å². The fraction of sp³-hybridized carbons (Fsp3) is 0.857. The molecule has 10 heavy (non-hydrogen) atoms. The molecule has 1 atom stereocenters. The molecule has 0 saturated carbocycles. The first-order chi connectivity index (χ1) is 4.66. The minimum Gasteiger partial charge on any atom is -0.388 e. The zero-order chi connectivity index (χ0) is 7.98. The Balaban J connectivity index is 3.28. The maximum Gasteiger partial charge on any atom is 0.0905 e. The van der Waals surface area contributed by atoms with Gasteiger partial charge in [-0.1, -0.05) is 0 Å². The van der Waals surface area contributed by atoms with E-state index in [1.807, 2.05) is 6.92 Å². The SMILES string of the molecule is CO[C@@H](C)CCN=C(C)N. The first-order valence-electron chi connectivity index (χ1n) is 3.46. The second-order valence-electron chi connectivity index (χ2n) is 2.36. The van der Waals surface area contributed by atoms with E-state index in [1.165, 1.54) is 0 Å². The standard InChI is InChI=1S/C7H16N2O/c1-6(10-3)4-5-9-7(2)8/h6H,4-5H2,1-3H3,(H2,8,9)/t6-/m0/s1. The highest BCUT2D eigenvalue weighted by Crippen LogP contribution is 1.94. The second kappa shape index (κ2) is 5.23. The van der Waals surface area contributed by atoms with Gasteiger partial charge in [0, 0.05) is 13.7 Å². The smallest absolute Gasteiger partial charge is 0.0905 e. The van der Waals surface area contributed by atoms with Crippen LogP contribution >= 0.6 is 0 Å². The molecule has 0 aliphatic heterocycles. The second-order valence-corrected chi connectivity index (χ2v) is 2.36. The molecular formula is C7H16N2O. The largest absolute Gasteiger partial charge is 0.388 e. The van der Waals surface area contributed by atoms with Crippen LogP contribution in [0.25, 0.3) is 0 Å². The summed E-state index contributed by atoms with van der Waals surface area (Å²) in [6.07, 6.45) is 1.22. The van der Waals surface area contributed by atoms with Crippen molar-refractivity contribution in [2.75, 3.05) is 13.7 Å². The van der Waals surface area contributed by atoms with Crippen LogP contribution < -0.4 is 5.73 Å². The third-order valence-electron chi connectivity index (χ3n) is 1.30. The molecule has 3 nitrogen and oxygen atoms in total. The Morgan fingerprint density at radius 1 is 1.70 bits per heavy atom. The van der Waals surface area contributed by atoms with Crippen molar-refractivity contribution >= 4 is 5.84 Å². The summed E-state index contributed by atoms with van der Waals surface area (Å²) in [6, 6.07) is 0. The maximum absolute atomic E-state index is 5.33. The van der Waals surface area contributed by atoms with Crippen LogP contribution in [0.5, 0.6) is 0 Å². The molecule has 0 unspecified atom stereocenters. The van der Waals surface area contributed by atoms with E-state index in [1.54, 1.807) is 14.0 Å². The molecule has 3 heteroatoms. The van der Waals surface area contributed by atoms with E-state index in [-0.39, 0.29) is 6.10 Å². The van der Waals surface area contributed by atoms with Crippen molar-refractivity contribution in [3.8, 4) is 0 Å². The average Bonchev–Trinajstić information content (AvgIpc) is 1.87. The normalized spacial score (nSPS) is 15.3. The fourth-order valence-corrected chi connectivity index (χ4v) is 0.541. The molecule has 0 aliphatic rings. The molecule has 0 heterocycles. The van der Waals surface area contributed by atoms with Gasteiger partial charge in [0.1, 0.15) is 0 Å². The number of amidine groups is 1. The number of aliphatic imine (C=N–C) groups is 1. The van der Waals surface area contributed by atoms with Gasteiger partial charge in [-0.3, -0.25) is 4.99 Å². The molecule has 0 fully saturated rings. The Kier molecular flexibility index (Phi) is 4.94. The van der Waals surface area contributed by atoms with Crippen LogP contribution in [0.3, 0.4) is 0 Å². The van der Waals surface area contributed by atoms with Gasteiger partial charge in [0.15, 0.2) is 0 Å². The van der Waals surface area contributed by atoms with Crippen LogP contribution in [0, 0.1) is 0 Å². The third-order valence-corrected chi connectivity index (χ3v) is 1.30. The van der Waals surface area contributed by atoms with Crippen molar-refractivity contribution < 1.29 is 4.74 Å². The van der Waals surface area contributed by atoms with Crippen molar-refractivity contribution in [1.29, 1.82) is 0 Å². The van der Waals surface area contributed by atoms with Crippen LogP contribution in [0.2, 0.25) is 0 Å². The van der Waals surface area contributed by atoms with Crippen molar-refractivity contribution in [1.82, 2.24) is 0 Å². The summed E-state index contributed by atoms with van der Waals surface area (Å²) in [5.74, 6) is 0.642. The summed E-state index contributed by atoms with van der Waals surface area (Å²) in [6.45, 7) is 4.57. The van der Waals surface area contributed by atoms with E-state index in [0.29, 0.717) is 5.84 Å². The summed E-state index contributed by atoms with van der Waals surface area (Å²) in [5.41, 5.74) is 5.33. The van der Waals surface area contributed by atoms with E-state index < -0.39 is 0 Å². The predicted molar refractivity (Wildman–Crippen MR) is 43.3 cm³/mol. The number of nitrogens with two attached hydrogens (primary N) is 1. The van der Waals surface area contributed by atoms with Crippen LogP contribution in [0.15, 0.2) is 4.99 Å². The Labute approximate surface area is 62.3 Å². The molecule has 0 spiro atoms. The zero-order valence-electron chi connectivity index (χ0n) is 6.92. The summed E-state index contributed by atoms with van der Waals surface area (Å²) >= 11 is 0. The van der Waals surface area contributed by atoms with Gasteiger partial charge in [-0.25, -0.2) is 0 Å². The lowest BCUT2D eigenvalue weighted by Gasteiger charge is -2.05. The monoisotopic (exact) mass is 144 g/mol. The fourth-order valence-electron chi connectivity index (χ4n) is 0.541. The Morgan fingerprint density at radius 3 is 2.70 bits per heavy atom. The predicted octanol–water partition coefficient (Wildman–Crippen LogP) is 0.788. The molecule has 0 aromatic heterocycles. The van der Waals surface area contributed by atoms with Crippen LogP contribution in [-0.4, -0.2) is 25.6 Å². The van der Waals surface area contributed by atoms with Crippen LogP contribution in [0.4, 0.5) is 0 Å². The first-order valence-corrected chi connectivity index (χ1v) is 3.46. The van der Waals surface area contributed by atoms with Gasteiger partial charge < -0.3 is 10.5 Å². The van der Waals surface area contributed by atoms with Gasteiger partial charge in [0.05, 0.1) is 11.9 Å².